The smallest absolute Gasteiger partial charge is 0.256 e. The lowest BCUT2D eigenvalue weighted by Crippen LogP contribution is -3.10. The van der Waals surface area contributed by atoms with Crippen molar-refractivity contribution in [1.29, 1.82) is 0 Å². The summed E-state index contributed by atoms with van der Waals surface area (Å²) in [5.74, 6) is 1.60. The van der Waals surface area contributed by atoms with Gasteiger partial charge in [-0.3, -0.25) is 4.79 Å². The molecule has 3 aromatic rings. The zero-order valence-corrected chi connectivity index (χ0v) is 16.0. The number of furan rings is 1. The molecule has 138 valence electrons. The van der Waals surface area contributed by atoms with Crippen LogP contribution in [0.1, 0.15) is 44.0 Å². The average Bonchev–Trinajstić information content (AvgIpc) is 3.25. The maximum absolute atomic E-state index is 12.8. The summed E-state index contributed by atoms with van der Waals surface area (Å²) >= 11 is 1.73. The van der Waals surface area contributed by atoms with Crippen LogP contribution >= 0.6 is 11.3 Å². The van der Waals surface area contributed by atoms with E-state index in [0.717, 1.165) is 48.1 Å². The Morgan fingerprint density at radius 2 is 2.04 bits per heavy atom. The van der Waals surface area contributed by atoms with Crippen molar-refractivity contribution in [2.24, 2.45) is 0 Å². The fraction of sp³-hybridized carbons (Fsp3) is 0.286. The molecule has 0 bridgehead atoms. The van der Waals surface area contributed by atoms with E-state index in [1.54, 1.807) is 16.2 Å². The van der Waals surface area contributed by atoms with Gasteiger partial charge in [0.2, 0.25) is 0 Å². The van der Waals surface area contributed by atoms with Crippen molar-refractivity contribution in [1.82, 2.24) is 5.32 Å². The number of nitrogens with one attached hydrogen (secondary N) is 3. The summed E-state index contributed by atoms with van der Waals surface area (Å²) in [7, 11) is 0. The fourth-order valence-corrected chi connectivity index (χ4v) is 5.38. The Labute approximate surface area is 162 Å². The maximum atomic E-state index is 12.8. The summed E-state index contributed by atoms with van der Waals surface area (Å²) in [6.45, 7) is 4.96. The summed E-state index contributed by atoms with van der Waals surface area (Å²) < 4.78 is 5.70. The van der Waals surface area contributed by atoms with Gasteiger partial charge in [-0.15, -0.1) is 11.3 Å². The molecule has 0 fully saturated rings. The Morgan fingerprint density at radius 1 is 1.19 bits per heavy atom. The number of amides is 1. The lowest BCUT2D eigenvalue weighted by atomic mass is 10.0. The molecule has 1 amide bonds. The van der Waals surface area contributed by atoms with Gasteiger partial charge in [0, 0.05) is 12.0 Å². The summed E-state index contributed by atoms with van der Waals surface area (Å²) in [4.78, 5) is 15.7. The number of hydrogen-bond donors (Lipinski definition) is 3. The van der Waals surface area contributed by atoms with Gasteiger partial charge in [0.25, 0.3) is 5.91 Å². The van der Waals surface area contributed by atoms with Gasteiger partial charge >= 0.3 is 0 Å². The minimum Gasteiger partial charge on any atom is -0.462 e. The topological polar surface area (TPSA) is 58.7 Å². The van der Waals surface area contributed by atoms with Crippen molar-refractivity contribution in [2.75, 3.05) is 11.9 Å². The number of hydrogen-bond acceptors (Lipinski definition) is 4. The van der Waals surface area contributed by atoms with Gasteiger partial charge in [-0.25, -0.2) is 0 Å². The Balaban J connectivity index is 1.38. The first-order valence-electron chi connectivity index (χ1n) is 9.33. The van der Waals surface area contributed by atoms with E-state index in [9.17, 15) is 4.79 Å². The highest BCUT2D eigenvalue weighted by Crippen LogP contribution is 2.39. The number of rotatable bonds is 3. The molecule has 4 heterocycles. The molecule has 0 saturated heterocycles. The Morgan fingerprint density at radius 3 is 2.81 bits per heavy atom. The van der Waals surface area contributed by atoms with Crippen LogP contribution in [0.25, 0.3) is 0 Å². The molecule has 2 aliphatic heterocycles. The minimum absolute atomic E-state index is 0.00631. The monoisotopic (exact) mass is 380 g/mol. The molecule has 0 radical (unpaired) electrons. The molecule has 5 nitrogen and oxygen atoms in total. The van der Waals surface area contributed by atoms with Crippen LogP contribution in [-0.4, -0.2) is 12.5 Å². The second-order valence-corrected chi connectivity index (χ2v) is 8.40. The lowest BCUT2D eigenvalue weighted by Gasteiger charge is -2.26. The van der Waals surface area contributed by atoms with Crippen LogP contribution in [0.3, 0.4) is 0 Å². The zero-order valence-electron chi connectivity index (χ0n) is 15.2. The summed E-state index contributed by atoms with van der Waals surface area (Å²) in [6.07, 6.45) is 0.648. The van der Waals surface area contributed by atoms with E-state index in [1.807, 2.05) is 19.1 Å². The number of anilines is 1. The highest BCUT2D eigenvalue weighted by atomic mass is 32.1. The SMILES string of the molecule is Cc1ccc([C@@H]2NC(=O)c3c(sc4c3CC[NH+](Cc3ccccc3)C4)N2)o1. The molecule has 1 unspecified atom stereocenters. The fourth-order valence-electron chi connectivity index (χ4n) is 4.04. The number of quaternary nitrogens is 1. The van der Waals surface area contributed by atoms with Crippen molar-refractivity contribution in [3.63, 3.8) is 0 Å². The van der Waals surface area contributed by atoms with E-state index in [2.05, 4.69) is 41.0 Å². The molecule has 2 aromatic heterocycles. The van der Waals surface area contributed by atoms with E-state index in [1.165, 1.54) is 16.0 Å². The molecule has 2 aliphatic rings. The number of thiophene rings is 1. The molecular weight excluding hydrogens is 358 g/mol. The van der Waals surface area contributed by atoms with Crippen molar-refractivity contribution in [2.45, 2.75) is 32.6 Å². The number of fused-ring (bicyclic) bond motifs is 3. The average molecular weight is 380 g/mol. The van der Waals surface area contributed by atoms with Crippen LogP contribution in [0.15, 0.2) is 46.9 Å². The predicted octanol–water partition coefficient (Wildman–Crippen LogP) is 2.64. The largest absolute Gasteiger partial charge is 0.462 e. The van der Waals surface area contributed by atoms with Gasteiger partial charge in [-0.2, -0.15) is 0 Å². The van der Waals surface area contributed by atoms with Crippen LogP contribution in [0.2, 0.25) is 0 Å². The van der Waals surface area contributed by atoms with E-state index in [0.29, 0.717) is 0 Å². The first kappa shape index (κ1) is 16.6. The van der Waals surface area contributed by atoms with Crippen molar-refractivity contribution in [3.8, 4) is 0 Å². The highest BCUT2D eigenvalue weighted by molar-refractivity contribution is 7.16. The molecule has 0 saturated carbocycles. The molecule has 6 heteroatoms. The second kappa shape index (κ2) is 6.55. The standard InChI is InChI=1S/C21H21N3O2S/c1-13-7-8-16(26-13)19-22-20(25)18-15-9-10-24(11-14-5-3-2-4-6-14)12-17(15)27-21(18)23-19/h2-8,19,23H,9-12H2,1H3,(H,22,25)/p+1/t19-/m1/s1. The van der Waals surface area contributed by atoms with Crippen molar-refractivity contribution >= 4 is 22.2 Å². The number of benzene rings is 1. The second-order valence-electron chi connectivity index (χ2n) is 7.30. The molecule has 27 heavy (non-hydrogen) atoms. The molecule has 0 aliphatic carbocycles. The Bertz CT molecular complexity index is 992. The maximum Gasteiger partial charge on any atom is 0.256 e. The van der Waals surface area contributed by atoms with Crippen LogP contribution in [-0.2, 0) is 19.5 Å². The Hall–Kier alpha value is -2.57. The van der Waals surface area contributed by atoms with Crippen LogP contribution < -0.4 is 15.5 Å². The number of aryl methyl sites for hydroxylation is 1. The van der Waals surface area contributed by atoms with E-state index < -0.39 is 0 Å². The Kier molecular flexibility index (Phi) is 4.02. The van der Waals surface area contributed by atoms with E-state index >= 15 is 0 Å². The van der Waals surface area contributed by atoms with E-state index in [4.69, 9.17) is 4.42 Å². The quantitative estimate of drug-likeness (QED) is 0.655. The number of carbonyl (C=O) groups is 1. The van der Waals surface area contributed by atoms with Crippen LogP contribution in [0, 0.1) is 6.92 Å². The van der Waals surface area contributed by atoms with Crippen LogP contribution in [0.4, 0.5) is 5.00 Å². The third kappa shape index (κ3) is 3.05. The van der Waals surface area contributed by atoms with E-state index in [-0.39, 0.29) is 12.1 Å². The molecule has 5 rings (SSSR count). The third-order valence-electron chi connectivity index (χ3n) is 5.35. The molecule has 3 N–H and O–H groups in total. The molecular formula is C21H22N3O2S+. The molecule has 1 aromatic carbocycles. The van der Waals surface area contributed by atoms with Gasteiger partial charge in [0.15, 0.2) is 6.17 Å². The van der Waals surface area contributed by atoms with Gasteiger partial charge in [0.05, 0.1) is 17.0 Å². The normalized spacial score (nSPS) is 21.1. The summed E-state index contributed by atoms with van der Waals surface area (Å²) in [5.41, 5.74) is 3.43. The molecule has 2 atom stereocenters. The van der Waals surface area contributed by atoms with Gasteiger partial charge < -0.3 is 20.0 Å². The highest BCUT2D eigenvalue weighted by Gasteiger charge is 2.35. The summed E-state index contributed by atoms with van der Waals surface area (Å²) in [5, 5.41) is 7.48. The first-order chi connectivity index (χ1) is 13.2. The van der Waals surface area contributed by atoms with Crippen LogP contribution in [0.5, 0.6) is 0 Å². The van der Waals surface area contributed by atoms with Gasteiger partial charge in [0.1, 0.15) is 29.6 Å². The zero-order chi connectivity index (χ0) is 18.4. The summed E-state index contributed by atoms with van der Waals surface area (Å²) in [6, 6.07) is 14.5. The minimum atomic E-state index is -0.299. The number of carbonyl (C=O) groups excluding carboxylic acids is 1. The van der Waals surface area contributed by atoms with Crippen molar-refractivity contribution < 1.29 is 14.1 Å². The lowest BCUT2D eigenvalue weighted by molar-refractivity contribution is -0.929. The predicted molar refractivity (Wildman–Crippen MR) is 105 cm³/mol. The van der Waals surface area contributed by atoms with Gasteiger partial charge in [-0.05, 0) is 24.6 Å². The third-order valence-corrected chi connectivity index (χ3v) is 6.51. The van der Waals surface area contributed by atoms with Crippen molar-refractivity contribution in [3.05, 3.63) is 75.6 Å². The molecule has 0 spiro atoms. The first-order valence-corrected chi connectivity index (χ1v) is 10.1. The van der Waals surface area contributed by atoms with Gasteiger partial charge in [-0.1, -0.05) is 30.3 Å².